The number of hydrogen-bond acceptors (Lipinski definition) is 2. The second-order valence-corrected chi connectivity index (χ2v) is 8.78. The van der Waals surface area contributed by atoms with Gasteiger partial charge in [0.1, 0.15) is 0 Å². The van der Waals surface area contributed by atoms with Gasteiger partial charge in [0.25, 0.3) is 0 Å². The van der Waals surface area contributed by atoms with Crippen molar-refractivity contribution in [1.82, 2.24) is 9.55 Å². The van der Waals surface area contributed by atoms with Crippen molar-refractivity contribution in [2.24, 2.45) is 0 Å². The zero-order chi connectivity index (χ0) is 19.7. The highest BCUT2D eigenvalue weighted by Crippen LogP contribution is 2.42. The molecule has 0 bridgehead atoms. The Morgan fingerprint density at radius 3 is 2.50 bits per heavy atom. The van der Waals surface area contributed by atoms with Crippen LogP contribution in [0.3, 0.4) is 0 Å². The molecule has 0 N–H and O–H groups in total. The summed E-state index contributed by atoms with van der Waals surface area (Å²) in [6.45, 7) is 0. The zero-order valence-corrected chi connectivity index (χ0v) is 16.9. The third-order valence-electron chi connectivity index (χ3n) is 6.06. The Bertz CT molecular complexity index is 1750. The Balaban J connectivity index is 1.74. The molecule has 7 aromatic rings. The second kappa shape index (κ2) is 5.91. The number of hydrogen-bond donors (Lipinski definition) is 0. The quantitative estimate of drug-likeness (QED) is 0.276. The van der Waals surface area contributed by atoms with E-state index in [1.54, 1.807) is 0 Å². The van der Waals surface area contributed by atoms with Crippen LogP contribution < -0.4 is 0 Å². The van der Waals surface area contributed by atoms with Gasteiger partial charge in [-0.25, -0.2) is 0 Å². The van der Waals surface area contributed by atoms with Crippen LogP contribution in [0.2, 0.25) is 0 Å². The fraction of sp³-hybridized carbons (Fsp3) is 0. The van der Waals surface area contributed by atoms with E-state index in [2.05, 4.69) is 94.5 Å². The van der Waals surface area contributed by atoms with Gasteiger partial charge >= 0.3 is 0 Å². The van der Waals surface area contributed by atoms with Gasteiger partial charge in [-0.1, -0.05) is 48.5 Å². The molecule has 0 unspecified atom stereocenters. The van der Waals surface area contributed by atoms with Gasteiger partial charge in [-0.15, -0.1) is 11.3 Å². The molecule has 0 saturated carbocycles. The van der Waals surface area contributed by atoms with E-state index in [1.807, 2.05) is 23.7 Å². The number of rotatable bonds is 1. The van der Waals surface area contributed by atoms with Crippen molar-refractivity contribution in [3.63, 3.8) is 0 Å². The lowest BCUT2D eigenvalue weighted by Gasteiger charge is -2.10. The first-order valence-corrected chi connectivity index (χ1v) is 10.9. The molecule has 0 fully saturated rings. The first kappa shape index (κ1) is 16.1. The van der Waals surface area contributed by atoms with Crippen LogP contribution in [0.25, 0.3) is 58.4 Å². The first-order chi connectivity index (χ1) is 14.9. The summed E-state index contributed by atoms with van der Waals surface area (Å²) in [5.41, 5.74) is 3.71. The molecule has 3 heteroatoms. The predicted molar refractivity (Wildman–Crippen MR) is 129 cm³/mol. The van der Waals surface area contributed by atoms with Crippen LogP contribution in [0.5, 0.6) is 0 Å². The van der Waals surface area contributed by atoms with E-state index < -0.39 is 0 Å². The molecule has 0 radical (unpaired) electrons. The lowest BCUT2D eigenvalue weighted by Crippen LogP contribution is -1.94. The van der Waals surface area contributed by atoms with Crippen molar-refractivity contribution >= 4 is 64.1 Å². The number of para-hydroxylation sites is 1. The summed E-state index contributed by atoms with van der Waals surface area (Å²) >= 11 is 1.87. The molecule has 3 aromatic heterocycles. The normalized spacial score (nSPS) is 12.0. The van der Waals surface area contributed by atoms with Crippen molar-refractivity contribution < 1.29 is 0 Å². The maximum absolute atomic E-state index is 4.27. The molecule has 0 spiro atoms. The van der Waals surface area contributed by atoms with Crippen LogP contribution in [-0.2, 0) is 0 Å². The standard InChI is InChI=1S/C27H16N2S/c1-3-7-23-20(5-1)21-11-12-25-26(22-6-2-4-8-24(22)30-25)27(21)29(23)19-10-9-18-16-28-14-13-17(18)15-19/h1-16H. The van der Waals surface area contributed by atoms with Gasteiger partial charge in [-0.3, -0.25) is 4.98 Å². The minimum Gasteiger partial charge on any atom is -0.309 e. The number of benzene rings is 4. The summed E-state index contributed by atoms with van der Waals surface area (Å²) < 4.78 is 5.10. The predicted octanol–water partition coefficient (Wildman–Crippen LogP) is 7.70. The summed E-state index contributed by atoms with van der Waals surface area (Å²) in [7, 11) is 0. The van der Waals surface area contributed by atoms with E-state index in [-0.39, 0.29) is 0 Å². The average molecular weight is 401 g/mol. The third kappa shape index (κ3) is 2.10. The van der Waals surface area contributed by atoms with Crippen LogP contribution in [0, 0.1) is 0 Å². The van der Waals surface area contributed by atoms with E-state index in [0.29, 0.717) is 0 Å². The van der Waals surface area contributed by atoms with Gasteiger partial charge in [0.15, 0.2) is 0 Å². The third-order valence-corrected chi connectivity index (χ3v) is 7.19. The molecule has 2 nitrogen and oxygen atoms in total. The number of thiophene rings is 1. The molecular formula is C27H16N2S. The van der Waals surface area contributed by atoms with Gasteiger partial charge < -0.3 is 4.57 Å². The maximum Gasteiger partial charge on any atom is 0.0634 e. The summed E-state index contributed by atoms with van der Waals surface area (Å²) in [6, 6.07) is 30.8. The average Bonchev–Trinajstić information content (AvgIpc) is 3.34. The molecule has 0 atom stereocenters. The van der Waals surface area contributed by atoms with Gasteiger partial charge in [0.05, 0.1) is 11.0 Å². The second-order valence-electron chi connectivity index (χ2n) is 7.69. The SMILES string of the molecule is c1ccc2c(c1)sc1ccc3c4ccccc4n(-c4ccc5cnccc5c4)c3c12. The van der Waals surface area contributed by atoms with Crippen molar-refractivity contribution in [3.8, 4) is 5.69 Å². The fourth-order valence-electron chi connectivity index (χ4n) is 4.74. The minimum absolute atomic E-state index is 1.16. The Morgan fingerprint density at radius 1 is 0.667 bits per heavy atom. The van der Waals surface area contributed by atoms with E-state index in [4.69, 9.17) is 0 Å². The number of nitrogens with zero attached hydrogens (tertiary/aromatic N) is 2. The van der Waals surface area contributed by atoms with Crippen molar-refractivity contribution in [2.75, 3.05) is 0 Å². The highest BCUT2D eigenvalue weighted by molar-refractivity contribution is 7.26. The topological polar surface area (TPSA) is 17.8 Å². The molecule has 0 amide bonds. The fourth-order valence-corrected chi connectivity index (χ4v) is 5.85. The smallest absolute Gasteiger partial charge is 0.0634 e. The molecule has 0 aliphatic carbocycles. The molecule has 140 valence electrons. The summed E-state index contributed by atoms with van der Waals surface area (Å²) in [6.07, 6.45) is 3.79. The van der Waals surface area contributed by atoms with E-state index in [0.717, 1.165) is 5.39 Å². The van der Waals surface area contributed by atoms with Crippen LogP contribution >= 0.6 is 11.3 Å². The molecule has 0 aliphatic rings. The number of pyridine rings is 1. The van der Waals surface area contributed by atoms with Crippen molar-refractivity contribution in [3.05, 3.63) is 97.3 Å². The molecule has 3 heterocycles. The van der Waals surface area contributed by atoms with Gasteiger partial charge in [0, 0.05) is 54.4 Å². The van der Waals surface area contributed by atoms with Crippen LogP contribution in [-0.4, -0.2) is 9.55 Å². The molecule has 0 aliphatic heterocycles. The van der Waals surface area contributed by atoms with Crippen LogP contribution in [0.4, 0.5) is 0 Å². The molecule has 4 aromatic carbocycles. The van der Waals surface area contributed by atoms with Gasteiger partial charge in [-0.2, -0.15) is 0 Å². The van der Waals surface area contributed by atoms with E-state index in [1.165, 1.54) is 53.1 Å². The highest BCUT2D eigenvalue weighted by atomic mass is 32.1. The highest BCUT2D eigenvalue weighted by Gasteiger charge is 2.17. The summed E-state index contributed by atoms with van der Waals surface area (Å²) in [4.78, 5) is 4.27. The lowest BCUT2D eigenvalue weighted by atomic mass is 10.1. The Labute approximate surface area is 176 Å². The Kier molecular flexibility index (Phi) is 3.18. The first-order valence-electron chi connectivity index (χ1n) is 10.1. The zero-order valence-electron chi connectivity index (χ0n) is 16.0. The number of aromatic nitrogens is 2. The summed E-state index contributed by atoms with van der Waals surface area (Å²) in [5.74, 6) is 0. The lowest BCUT2D eigenvalue weighted by molar-refractivity contribution is 1.19. The Hall–Kier alpha value is -3.69. The monoisotopic (exact) mass is 400 g/mol. The number of fused-ring (bicyclic) bond motifs is 8. The van der Waals surface area contributed by atoms with Crippen LogP contribution in [0.1, 0.15) is 0 Å². The van der Waals surface area contributed by atoms with Crippen LogP contribution in [0.15, 0.2) is 97.3 Å². The molecule has 0 saturated heterocycles. The minimum atomic E-state index is 1.16. The molecule has 7 rings (SSSR count). The summed E-state index contributed by atoms with van der Waals surface area (Å²) in [5, 5.41) is 7.64. The largest absolute Gasteiger partial charge is 0.309 e. The molecular weight excluding hydrogens is 384 g/mol. The van der Waals surface area contributed by atoms with E-state index >= 15 is 0 Å². The maximum atomic E-state index is 4.27. The van der Waals surface area contributed by atoms with Crippen molar-refractivity contribution in [2.45, 2.75) is 0 Å². The Morgan fingerprint density at radius 2 is 1.53 bits per heavy atom. The van der Waals surface area contributed by atoms with E-state index in [9.17, 15) is 0 Å². The van der Waals surface area contributed by atoms with Crippen molar-refractivity contribution in [1.29, 1.82) is 0 Å². The van der Waals surface area contributed by atoms with Gasteiger partial charge in [0.2, 0.25) is 0 Å². The molecule has 30 heavy (non-hydrogen) atoms. The van der Waals surface area contributed by atoms with Gasteiger partial charge in [-0.05, 0) is 41.8 Å².